The average molecular weight is 412 g/mol. The van der Waals surface area contributed by atoms with E-state index in [1.807, 2.05) is 6.07 Å². The SMILES string of the molecule is COCCCC(=O)Nc1cc(S(=O)(=O)N2CCOCC2)ccc1N1CCCC1. The summed E-state index contributed by atoms with van der Waals surface area (Å²) in [5.74, 6) is -0.140. The molecular weight excluding hydrogens is 382 g/mol. The highest BCUT2D eigenvalue weighted by atomic mass is 32.2. The van der Waals surface area contributed by atoms with Crippen molar-refractivity contribution >= 4 is 27.3 Å². The summed E-state index contributed by atoms with van der Waals surface area (Å²) in [5.41, 5.74) is 1.43. The van der Waals surface area contributed by atoms with Crippen LogP contribution in [-0.4, -0.2) is 71.7 Å². The fourth-order valence-corrected chi connectivity index (χ4v) is 4.97. The third kappa shape index (κ3) is 5.02. The van der Waals surface area contributed by atoms with Crippen molar-refractivity contribution < 1.29 is 22.7 Å². The Hall–Kier alpha value is -1.68. The molecule has 1 N–H and O–H groups in total. The number of nitrogens with zero attached hydrogens (tertiary/aromatic N) is 2. The van der Waals surface area contributed by atoms with Gasteiger partial charge in [-0.15, -0.1) is 0 Å². The number of ether oxygens (including phenoxy) is 2. The Balaban J connectivity index is 1.85. The predicted molar refractivity (Wildman–Crippen MR) is 107 cm³/mol. The van der Waals surface area contributed by atoms with Crippen LogP contribution < -0.4 is 10.2 Å². The summed E-state index contributed by atoms with van der Waals surface area (Å²) in [6.07, 6.45) is 3.13. The lowest BCUT2D eigenvalue weighted by Crippen LogP contribution is -2.40. The molecule has 1 aromatic rings. The van der Waals surface area contributed by atoms with Gasteiger partial charge in [0.1, 0.15) is 0 Å². The van der Waals surface area contributed by atoms with E-state index in [1.54, 1.807) is 19.2 Å². The number of hydrogen-bond donors (Lipinski definition) is 1. The van der Waals surface area contributed by atoms with E-state index >= 15 is 0 Å². The smallest absolute Gasteiger partial charge is 0.243 e. The molecule has 2 fully saturated rings. The summed E-state index contributed by atoms with van der Waals surface area (Å²) < 4.78 is 37.7. The lowest BCUT2D eigenvalue weighted by Gasteiger charge is -2.27. The summed E-state index contributed by atoms with van der Waals surface area (Å²) in [4.78, 5) is 14.7. The van der Waals surface area contributed by atoms with Gasteiger partial charge in [-0.05, 0) is 37.5 Å². The zero-order chi connectivity index (χ0) is 20.0. The molecule has 0 atom stereocenters. The molecule has 9 heteroatoms. The minimum Gasteiger partial charge on any atom is -0.385 e. The molecule has 2 saturated heterocycles. The Kier molecular flexibility index (Phi) is 7.28. The van der Waals surface area contributed by atoms with Crippen molar-refractivity contribution in [2.24, 2.45) is 0 Å². The van der Waals surface area contributed by atoms with Gasteiger partial charge in [0.05, 0.1) is 29.5 Å². The van der Waals surface area contributed by atoms with Crippen LogP contribution in [0.4, 0.5) is 11.4 Å². The number of amides is 1. The number of nitrogens with one attached hydrogen (secondary N) is 1. The van der Waals surface area contributed by atoms with Gasteiger partial charge in [0.15, 0.2) is 0 Å². The minimum atomic E-state index is -3.62. The maximum atomic E-state index is 13.0. The van der Waals surface area contributed by atoms with E-state index in [-0.39, 0.29) is 10.8 Å². The Morgan fingerprint density at radius 3 is 2.57 bits per heavy atom. The quantitative estimate of drug-likeness (QED) is 0.655. The van der Waals surface area contributed by atoms with Crippen LogP contribution in [0.15, 0.2) is 23.1 Å². The molecule has 2 aliphatic heterocycles. The molecule has 8 nitrogen and oxygen atoms in total. The van der Waals surface area contributed by atoms with Crippen LogP contribution in [-0.2, 0) is 24.3 Å². The number of methoxy groups -OCH3 is 1. The third-order valence-corrected chi connectivity index (χ3v) is 6.94. The molecule has 0 bridgehead atoms. The van der Waals surface area contributed by atoms with E-state index < -0.39 is 10.0 Å². The van der Waals surface area contributed by atoms with E-state index in [0.717, 1.165) is 31.6 Å². The lowest BCUT2D eigenvalue weighted by atomic mass is 10.2. The van der Waals surface area contributed by atoms with E-state index in [2.05, 4.69) is 10.2 Å². The van der Waals surface area contributed by atoms with Crippen molar-refractivity contribution in [1.29, 1.82) is 0 Å². The van der Waals surface area contributed by atoms with E-state index in [1.165, 1.54) is 4.31 Å². The topological polar surface area (TPSA) is 88.2 Å². The Morgan fingerprint density at radius 1 is 1.18 bits per heavy atom. The first kappa shape index (κ1) is 21.0. The van der Waals surface area contributed by atoms with E-state index in [4.69, 9.17) is 9.47 Å². The zero-order valence-corrected chi connectivity index (χ0v) is 17.2. The predicted octanol–water partition coefficient (Wildman–Crippen LogP) is 1.67. The van der Waals surface area contributed by atoms with Crippen molar-refractivity contribution in [3.63, 3.8) is 0 Å². The molecule has 0 radical (unpaired) electrons. The molecule has 1 amide bonds. The average Bonchev–Trinajstić information content (AvgIpc) is 3.23. The van der Waals surface area contributed by atoms with Crippen LogP contribution >= 0.6 is 0 Å². The summed E-state index contributed by atoms with van der Waals surface area (Å²) in [7, 11) is -2.02. The normalized spacial score (nSPS) is 18.4. The fraction of sp³-hybridized carbons (Fsp3) is 0.632. The first-order valence-electron chi connectivity index (χ1n) is 9.78. The molecule has 0 aliphatic carbocycles. The van der Waals surface area contributed by atoms with Crippen LogP contribution in [0, 0.1) is 0 Å². The van der Waals surface area contributed by atoms with Gasteiger partial charge in [-0.1, -0.05) is 0 Å². The molecular formula is C19H29N3O5S. The van der Waals surface area contributed by atoms with Crippen molar-refractivity contribution in [2.75, 3.05) is 63.3 Å². The number of rotatable bonds is 8. The molecule has 1 aromatic carbocycles. The number of benzene rings is 1. The van der Waals surface area contributed by atoms with Gasteiger partial charge in [-0.3, -0.25) is 4.79 Å². The highest BCUT2D eigenvalue weighted by molar-refractivity contribution is 7.89. The van der Waals surface area contributed by atoms with Crippen LogP contribution in [0.3, 0.4) is 0 Å². The van der Waals surface area contributed by atoms with Crippen LogP contribution in [0.25, 0.3) is 0 Å². The molecule has 2 aliphatic rings. The molecule has 0 spiro atoms. The molecule has 3 rings (SSSR count). The molecule has 0 saturated carbocycles. The second-order valence-electron chi connectivity index (χ2n) is 7.03. The number of anilines is 2. The van der Waals surface area contributed by atoms with Crippen molar-refractivity contribution in [1.82, 2.24) is 4.31 Å². The highest BCUT2D eigenvalue weighted by Gasteiger charge is 2.28. The van der Waals surface area contributed by atoms with Crippen LogP contribution in [0.5, 0.6) is 0 Å². The number of hydrogen-bond acceptors (Lipinski definition) is 6. The number of carbonyl (C=O) groups excluding carboxylic acids is 1. The summed E-state index contributed by atoms with van der Waals surface area (Å²) in [5, 5.41) is 2.92. The summed E-state index contributed by atoms with van der Waals surface area (Å²) in [6.45, 7) is 3.80. The third-order valence-electron chi connectivity index (χ3n) is 5.05. The number of morpholine rings is 1. The van der Waals surface area contributed by atoms with Crippen molar-refractivity contribution in [3.8, 4) is 0 Å². The van der Waals surface area contributed by atoms with Gasteiger partial charge >= 0.3 is 0 Å². The van der Waals surface area contributed by atoms with E-state index in [9.17, 15) is 13.2 Å². The maximum absolute atomic E-state index is 13.0. The lowest BCUT2D eigenvalue weighted by molar-refractivity contribution is -0.116. The van der Waals surface area contributed by atoms with Gasteiger partial charge in [0, 0.05) is 46.3 Å². The Morgan fingerprint density at radius 2 is 1.89 bits per heavy atom. The number of sulfonamides is 1. The summed E-state index contributed by atoms with van der Waals surface area (Å²) in [6, 6.07) is 5.04. The van der Waals surface area contributed by atoms with Crippen molar-refractivity contribution in [3.05, 3.63) is 18.2 Å². The zero-order valence-electron chi connectivity index (χ0n) is 16.4. The van der Waals surface area contributed by atoms with Gasteiger partial charge < -0.3 is 19.7 Å². The molecule has 2 heterocycles. The largest absolute Gasteiger partial charge is 0.385 e. The maximum Gasteiger partial charge on any atom is 0.243 e. The number of carbonyl (C=O) groups is 1. The minimum absolute atomic E-state index is 0.140. The van der Waals surface area contributed by atoms with Gasteiger partial charge in [0.2, 0.25) is 15.9 Å². The molecule has 0 aromatic heterocycles. The molecule has 28 heavy (non-hydrogen) atoms. The standard InChI is InChI=1S/C19H29N3O5S/c1-26-12-4-5-19(23)20-17-15-16(6-7-18(17)21-8-2-3-9-21)28(24,25)22-10-13-27-14-11-22/h6-7,15H,2-5,8-14H2,1H3,(H,20,23). The summed E-state index contributed by atoms with van der Waals surface area (Å²) >= 11 is 0. The monoisotopic (exact) mass is 411 g/mol. The first-order chi connectivity index (χ1) is 13.5. The van der Waals surface area contributed by atoms with Gasteiger partial charge in [0.25, 0.3) is 0 Å². The Labute approximate surface area is 166 Å². The van der Waals surface area contributed by atoms with Gasteiger partial charge in [-0.25, -0.2) is 8.42 Å². The van der Waals surface area contributed by atoms with Crippen molar-refractivity contribution in [2.45, 2.75) is 30.6 Å². The Bertz CT molecular complexity index is 772. The molecule has 156 valence electrons. The van der Waals surface area contributed by atoms with Crippen LogP contribution in [0.1, 0.15) is 25.7 Å². The second-order valence-corrected chi connectivity index (χ2v) is 8.97. The molecule has 0 unspecified atom stereocenters. The second kappa shape index (κ2) is 9.69. The van der Waals surface area contributed by atoms with Gasteiger partial charge in [-0.2, -0.15) is 4.31 Å². The first-order valence-corrected chi connectivity index (χ1v) is 11.2. The fourth-order valence-electron chi connectivity index (χ4n) is 3.54. The highest BCUT2D eigenvalue weighted by Crippen LogP contribution is 2.32. The van der Waals surface area contributed by atoms with Crippen LogP contribution in [0.2, 0.25) is 0 Å². The van der Waals surface area contributed by atoms with E-state index in [0.29, 0.717) is 51.4 Å².